The average Bonchev–Trinajstić information content (AvgIpc) is 3.32. The number of hydrogen-bond acceptors (Lipinski definition) is 3. The number of carbonyl (C=O) groups excluding carboxylic acids is 1. The number of Topliss-reactive ketones (excluding diaryl/α,β-unsaturated/α-hetero) is 1. The van der Waals surface area contributed by atoms with Gasteiger partial charge in [-0.25, -0.2) is 0 Å². The second kappa shape index (κ2) is 5.57. The van der Waals surface area contributed by atoms with Crippen molar-refractivity contribution < 1.29 is 9.53 Å². The molecule has 1 N–H and O–H groups in total. The zero-order valence-electron chi connectivity index (χ0n) is 12.2. The first-order valence-corrected chi connectivity index (χ1v) is 7.76. The third-order valence-electron chi connectivity index (χ3n) is 4.57. The maximum atomic E-state index is 12.8. The number of carbonyl (C=O) groups is 1. The van der Waals surface area contributed by atoms with Gasteiger partial charge in [0.25, 0.3) is 0 Å². The van der Waals surface area contributed by atoms with Crippen molar-refractivity contribution in [3.05, 3.63) is 29.8 Å². The van der Waals surface area contributed by atoms with Crippen LogP contribution >= 0.6 is 0 Å². The van der Waals surface area contributed by atoms with E-state index >= 15 is 0 Å². The SMILES string of the molecule is CCC1(C(=O)c2ccc(OC3CC3)cc2)CCCNC1. The smallest absolute Gasteiger partial charge is 0.170 e. The monoisotopic (exact) mass is 273 g/mol. The highest BCUT2D eigenvalue weighted by atomic mass is 16.5. The Balaban J connectivity index is 1.74. The summed E-state index contributed by atoms with van der Waals surface area (Å²) in [5.41, 5.74) is 0.607. The molecule has 3 rings (SSSR count). The first-order valence-electron chi connectivity index (χ1n) is 7.76. The van der Waals surface area contributed by atoms with Gasteiger partial charge in [-0.05, 0) is 62.9 Å². The minimum absolute atomic E-state index is 0.211. The van der Waals surface area contributed by atoms with E-state index in [1.54, 1.807) is 0 Å². The number of ketones is 1. The van der Waals surface area contributed by atoms with E-state index in [-0.39, 0.29) is 11.2 Å². The lowest BCUT2D eigenvalue weighted by atomic mass is 9.73. The number of rotatable bonds is 5. The van der Waals surface area contributed by atoms with E-state index in [1.165, 1.54) is 0 Å². The third-order valence-corrected chi connectivity index (χ3v) is 4.57. The largest absolute Gasteiger partial charge is 0.490 e. The van der Waals surface area contributed by atoms with Crippen LogP contribution in [0.5, 0.6) is 5.75 Å². The minimum Gasteiger partial charge on any atom is -0.490 e. The van der Waals surface area contributed by atoms with E-state index in [9.17, 15) is 4.79 Å². The van der Waals surface area contributed by atoms with Crippen LogP contribution in [-0.4, -0.2) is 25.0 Å². The lowest BCUT2D eigenvalue weighted by Gasteiger charge is -2.35. The maximum Gasteiger partial charge on any atom is 0.170 e. The highest BCUT2D eigenvalue weighted by molar-refractivity contribution is 6.00. The Morgan fingerprint density at radius 3 is 2.65 bits per heavy atom. The summed E-state index contributed by atoms with van der Waals surface area (Å²) in [7, 11) is 0. The minimum atomic E-state index is -0.211. The molecule has 1 saturated carbocycles. The van der Waals surface area contributed by atoms with Crippen molar-refractivity contribution in [1.29, 1.82) is 0 Å². The molecule has 0 spiro atoms. The van der Waals surface area contributed by atoms with Crippen molar-refractivity contribution >= 4 is 5.78 Å². The van der Waals surface area contributed by atoms with Gasteiger partial charge in [0.15, 0.2) is 5.78 Å². The van der Waals surface area contributed by atoms with Gasteiger partial charge >= 0.3 is 0 Å². The van der Waals surface area contributed by atoms with Gasteiger partial charge in [-0.1, -0.05) is 6.92 Å². The Morgan fingerprint density at radius 2 is 2.10 bits per heavy atom. The molecule has 0 bridgehead atoms. The normalized spacial score (nSPS) is 26.2. The summed E-state index contributed by atoms with van der Waals surface area (Å²) in [6.45, 7) is 3.96. The maximum absolute atomic E-state index is 12.8. The molecule has 1 aromatic rings. The second-order valence-corrected chi connectivity index (χ2v) is 6.08. The van der Waals surface area contributed by atoms with Crippen molar-refractivity contribution in [1.82, 2.24) is 5.32 Å². The zero-order valence-corrected chi connectivity index (χ0v) is 12.2. The summed E-state index contributed by atoms with van der Waals surface area (Å²) in [4.78, 5) is 12.8. The molecule has 1 aliphatic heterocycles. The number of nitrogens with one attached hydrogen (secondary N) is 1. The Bertz CT molecular complexity index is 470. The molecule has 2 aliphatic rings. The molecule has 0 aromatic heterocycles. The quantitative estimate of drug-likeness (QED) is 0.837. The van der Waals surface area contributed by atoms with Crippen molar-refractivity contribution in [3.8, 4) is 5.75 Å². The van der Waals surface area contributed by atoms with Gasteiger partial charge in [-0.3, -0.25) is 4.79 Å². The van der Waals surface area contributed by atoms with Gasteiger partial charge < -0.3 is 10.1 Å². The van der Waals surface area contributed by atoms with Gasteiger partial charge in [-0.2, -0.15) is 0 Å². The zero-order chi connectivity index (χ0) is 14.0. The number of piperidine rings is 1. The summed E-state index contributed by atoms with van der Waals surface area (Å²) in [6, 6.07) is 7.72. The molecule has 1 saturated heterocycles. The molecule has 20 heavy (non-hydrogen) atoms. The fourth-order valence-corrected chi connectivity index (χ4v) is 2.99. The molecular weight excluding hydrogens is 250 g/mol. The summed E-state index contributed by atoms with van der Waals surface area (Å²) in [6.07, 6.45) is 5.70. The molecule has 1 aliphatic carbocycles. The molecule has 3 heteroatoms. The molecule has 1 atom stereocenters. The topological polar surface area (TPSA) is 38.3 Å². The predicted molar refractivity (Wildman–Crippen MR) is 79.3 cm³/mol. The van der Waals surface area contributed by atoms with Crippen molar-refractivity contribution in [2.75, 3.05) is 13.1 Å². The van der Waals surface area contributed by atoms with Gasteiger partial charge in [0, 0.05) is 17.5 Å². The van der Waals surface area contributed by atoms with E-state index < -0.39 is 0 Å². The molecule has 3 nitrogen and oxygen atoms in total. The van der Waals surface area contributed by atoms with E-state index in [4.69, 9.17) is 4.74 Å². The van der Waals surface area contributed by atoms with E-state index in [1.807, 2.05) is 24.3 Å². The van der Waals surface area contributed by atoms with Crippen LogP contribution in [0.3, 0.4) is 0 Å². The van der Waals surface area contributed by atoms with Gasteiger partial charge in [0.1, 0.15) is 5.75 Å². The Morgan fingerprint density at radius 1 is 1.35 bits per heavy atom. The summed E-state index contributed by atoms with van der Waals surface area (Å²) in [5.74, 6) is 1.17. The van der Waals surface area contributed by atoms with Crippen LogP contribution in [0, 0.1) is 5.41 Å². The van der Waals surface area contributed by atoms with Gasteiger partial charge in [-0.15, -0.1) is 0 Å². The number of hydrogen-bond donors (Lipinski definition) is 1. The Hall–Kier alpha value is -1.35. The second-order valence-electron chi connectivity index (χ2n) is 6.08. The van der Waals surface area contributed by atoms with Crippen LogP contribution in [0.1, 0.15) is 49.4 Å². The Kier molecular flexibility index (Phi) is 3.79. The van der Waals surface area contributed by atoms with E-state index in [2.05, 4.69) is 12.2 Å². The molecule has 1 heterocycles. The fraction of sp³-hybridized carbons (Fsp3) is 0.588. The van der Waals surface area contributed by atoms with Crippen LogP contribution in [-0.2, 0) is 0 Å². The van der Waals surface area contributed by atoms with Crippen LogP contribution < -0.4 is 10.1 Å². The molecule has 0 amide bonds. The lowest BCUT2D eigenvalue weighted by molar-refractivity contribution is 0.0730. The van der Waals surface area contributed by atoms with Crippen molar-refractivity contribution in [3.63, 3.8) is 0 Å². The standard InChI is InChI=1S/C17H23NO2/c1-2-17(10-3-11-18-12-17)16(19)13-4-6-14(7-5-13)20-15-8-9-15/h4-7,15,18H,2-3,8-12H2,1H3. The molecule has 2 fully saturated rings. The molecule has 108 valence electrons. The predicted octanol–water partition coefficient (Wildman–Crippen LogP) is 3.19. The van der Waals surface area contributed by atoms with Gasteiger partial charge in [0.05, 0.1) is 6.10 Å². The van der Waals surface area contributed by atoms with Crippen LogP contribution in [0.15, 0.2) is 24.3 Å². The van der Waals surface area contributed by atoms with Crippen LogP contribution in [0.2, 0.25) is 0 Å². The van der Waals surface area contributed by atoms with Crippen molar-refractivity contribution in [2.45, 2.75) is 45.1 Å². The first kappa shape index (κ1) is 13.6. The third kappa shape index (κ3) is 2.73. The molecule has 0 radical (unpaired) electrons. The van der Waals surface area contributed by atoms with E-state index in [0.717, 1.165) is 56.5 Å². The van der Waals surface area contributed by atoms with E-state index in [0.29, 0.717) is 6.10 Å². The van der Waals surface area contributed by atoms with Crippen LogP contribution in [0.25, 0.3) is 0 Å². The molecule has 1 unspecified atom stereocenters. The molecular formula is C17H23NO2. The Labute approximate surface area is 120 Å². The highest BCUT2D eigenvalue weighted by Crippen LogP contribution is 2.34. The first-order chi connectivity index (χ1) is 9.73. The number of benzene rings is 1. The highest BCUT2D eigenvalue weighted by Gasteiger charge is 2.38. The lowest BCUT2D eigenvalue weighted by Crippen LogP contribution is -2.45. The van der Waals surface area contributed by atoms with Crippen LogP contribution in [0.4, 0.5) is 0 Å². The van der Waals surface area contributed by atoms with Crippen molar-refractivity contribution in [2.24, 2.45) is 5.41 Å². The molecule has 1 aromatic carbocycles. The summed E-state index contributed by atoms with van der Waals surface area (Å²) >= 11 is 0. The summed E-state index contributed by atoms with van der Waals surface area (Å²) in [5, 5.41) is 3.38. The fourth-order valence-electron chi connectivity index (χ4n) is 2.99. The number of ether oxygens (including phenoxy) is 1. The summed E-state index contributed by atoms with van der Waals surface area (Å²) < 4.78 is 5.73. The average molecular weight is 273 g/mol. The van der Waals surface area contributed by atoms with Gasteiger partial charge in [0.2, 0.25) is 0 Å².